The van der Waals surface area contributed by atoms with Crippen LogP contribution in [0.15, 0.2) is 32.7 Å². The largest absolute Gasteiger partial charge is 0.329 e. The van der Waals surface area contributed by atoms with E-state index in [4.69, 9.17) is 0 Å². The fourth-order valence-electron chi connectivity index (χ4n) is 3.13. The first-order valence-corrected chi connectivity index (χ1v) is 11.1. The number of H-pyrrole nitrogens is 1. The number of thiazole rings is 1. The van der Waals surface area contributed by atoms with Gasteiger partial charge in [-0.25, -0.2) is 22.9 Å². The molecular weight excluding hydrogens is 400 g/mol. The number of hydrogen-bond acceptors (Lipinski definition) is 6. The number of benzene rings is 1. The maximum absolute atomic E-state index is 12.6. The predicted octanol–water partition coefficient (Wildman–Crippen LogP) is 1.64. The van der Waals surface area contributed by atoms with Crippen molar-refractivity contribution >= 4 is 32.3 Å². The first kappa shape index (κ1) is 19.0. The lowest BCUT2D eigenvalue weighted by Gasteiger charge is -2.13. The Morgan fingerprint density at radius 1 is 1.29 bits per heavy atom. The van der Waals surface area contributed by atoms with Crippen LogP contribution >= 0.6 is 11.3 Å². The lowest BCUT2D eigenvalue weighted by atomic mass is 10.2. The molecule has 8 nitrogen and oxygen atoms in total. The molecule has 2 aromatic heterocycles. The Hall–Kier alpha value is -2.30. The van der Waals surface area contributed by atoms with Gasteiger partial charge in [0.2, 0.25) is 10.0 Å². The van der Waals surface area contributed by atoms with Crippen LogP contribution in [0, 0.1) is 13.8 Å². The molecule has 1 aliphatic carbocycles. The number of sulfonamides is 1. The van der Waals surface area contributed by atoms with Gasteiger partial charge in [-0.3, -0.25) is 14.3 Å². The Bertz CT molecular complexity index is 1310. The summed E-state index contributed by atoms with van der Waals surface area (Å²) in [4.78, 5) is 32.3. The molecule has 148 valence electrons. The average molecular weight is 421 g/mol. The Labute approximate surface area is 165 Å². The smallest absolute Gasteiger partial charge is 0.288 e. The molecule has 0 amide bonds. The van der Waals surface area contributed by atoms with Crippen LogP contribution in [0.1, 0.15) is 35.3 Å². The summed E-state index contributed by atoms with van der Waals surface area (Å²) >= 11 is 1.48. The number of fused-ring (bicyclic) bond motifs is 1. The molecule has 3 aromatic rings. The highest BCUT2D eigenvalue weighted by Crippen LogP contribution is 2.36. The molecule has 0 radical (unpaired) electrons. The maximum Gasteiger partial charge on any atom is 0.329 e. The monoisotopic (exact) mass is 420 g/mol. The highest BCUT2D eigenvalue weighted by molar-refractivity contribution is 7.89. The van der Waals surface area contributed by atoms with E-state index in [0.29, 0.717) is 5.52 Å². The standard InChI is InChI=1S/C18H20N4O4S2/c1-10-15(27-11(2)19-10)9-22-14-5-4-12(8-13(14)16(23)20-17(22)24)28(25,26)21-18(3)6-7-18/h4-5,8,21H,6-7,9H2,1-3H3,(H,20,23,24). The van der Waals surface area contributed by atoms with Gasteiger partial charge in [0.05, 0.1) is 33.0 Å². The van der Waals surface area contributed by atoms with Gasteiger partial charge < -0.3 is 0 Å². The van der Waals surface area contributed by atoms with Gasteiger partial charge in [-0.2, -0.15) is 0 Å². The molecule has 2 N–H and O–H groups in total. The first-order valence-electron chi connectivity index (χ1n) is 8.82. The van der Waals surface area contributed by atoms with Crippen LogP contribution in [0.3, 0.4) is 0 Å². The first-order chi connectivity index (χ1) is 13.1. The molecule has 1 fully saturated rings. The van der Waals surface area contributed by atoms with Crippen LogP contribution in [-0.2, 0) is 16.6 Å². The maximum atomic E-state index is 12.6. The number of nitrogens with one attached hydrogen (secondary N) is 2. The van der Waals surface area contributed by atoms with Crippen molar-refractivity contribution < 1.29 is 8.42 Å². The van der Waals surface area contributed by atoms with Crippen molar-refractivity contribution in [1.29, 1.82) is 0 Å². The minimum atomic E-state index is -3.75. The third-order valence-electron chi connectivity index (χ3n) is 4.96. The van der Waals surface area contributed by atoms with Gasteiger partial charge in [-0.05, 0) is 51.8 Å². The number of aromatic amines is 1. The number of rotatable bonds is 5. The summed E-state index contributed by atoms with van der Waals surface area (Å²) in [7, 11) is -3.75. The summed E-state index contributed by atoms with van der Waals surface area (Å²) in [6, 6.07) is 4.26. The molecule has 4 rings (SSSR count). The molecular formula is C18H20N4O4S2. The molecule has 0 bridgehead atoms. The van der Waals surface area contributed by atoms with Gasteiger partial charge in [0.25, 0.3) is 5.56 Å². The van der Waals surface area contributed by atoms with Crippen molar-refractivity contribution in [3.05, 3.63) is 54.6 Å². The SMILES string of the molecule is Cc1nc(C)c(Cn2c(=O)[nH]c(=O)c3cc(S(=O)(=O)NC4(C)CC4)ccc32)s1. The van der Waals surface area contributed by atoms with Gasteiger partial charge in [-0.15, -0.1) is 11.3 Å². The molecule has 0 unspecified atom stereocenters. The van der Waals surface area contributed by atoms with Crippen LogP contribution in [0.2, 0.25) is 0 Å². The Morgan fingerprint density at radius 2 is 2.00 bits per heavy atom. The minimum Gasteiger partial charge on any atom is -0.288 e. The summed E-state index contributed by atoms with van der Waals surface area (Å²) in [5.41, 5.74) is -0.350. The molecule has 0 saturated heterocycles. The van der Waals surface area contributed by atoms with Gasteiger partial charge in [0, 0.05) is 10.4 Å². The van der Waals surface area contributed by atoms with Crippen molar-refractivity contribution in [1.82, 2.24) is 19.3 Å². The second-order valence-corrected chi connectivity index (χ2v) is 10.4. The molecule has 1 aliphatic rings. The molecule has 0 aliphatic heterocycles. The van der Waals surface area contributed by atoms with E-state index in [1.165, 1.54) is 34.1 Å². The summed E-state index contributed by atoms with van der Waals surface area (Å²) in [6.07, 6.45) is 1.57. The van der Waals surface area contributed by atoms with E-state index in [-0.39, 0.29) is 16.8 Å². The van der Waals surface area contributed by atoms with E-state index in [1.54, 1.807) is 0 Å². The van der Waals surface area contributed by atoms with Gasteiger partial charge in [0.1, 0.15) is 0 Å². The lowest BCUT2D eigenvalue weighted by Crippen LogP contribution is -2.34. The van der Waals surface area contributed by atoms with Crippen molar-refractivity contribution in [3.8, 4) is 0 Å². The molecule has 0 spiro atoms. The number of nitrogens with zero attached hydrogens (tertiary/aromatic N) is 2. The zero-order chi connectivity index (χ0) is 20.3. The zero-order valence-electron chi connectivity index (χ0n) is 15.7. The van der Waals surface area contributed by atoms with Crippen LogP contribution in [-0.4, -0.2) is 28.5 Å². The summed E-state index contributed by atoms with van der Waals surface area (Å²) < 4.78 is 29.4. The Balaban J connectivity index is 1.83. The molecule has 1 saturated carbocycles. The highest BCUT2D eigenvalue weighted by Gasteiger charge is 2.41. The van der Waals surface area contributed by atoms with E-state index in [2.05, 4.69) is 14.7 Å². The molecule has 0 atom stereocenters. The Kier molecular flexibility index (Phi) is 4.32. The second-order valence-electron chi connectivity index (χ2n) is 7.43. The van der Waals surface area contributed by atoms with Crippen LogP contribution in [0.5, 0.6) is 0 Å². The second kappa shape index (κ2) is 6.36. The fourth-order valence-corrected chi connectivity index (χ4v) is 5.55. The van der Waals surface area contributed by atoms with E-state index >= 15 is 0 Å². The van der Waals surface area contributed by atoms with Crippen LogP contribution < -0.4 is 16.0 Å². The Morgan fingerprint density at radius 3 is 2.61 bits per heavy atom. The van der Waals surface area contributed by atoms with Gasteiger partial charge in [0.15, 0.2) is 0 Å². The number of aromatic nitrogens is 3. The number of hydrogen-bond donors (Lipinski definition) is 2. The summed E-state index contributed by atoms with van der Waals surface area (Å²) in [6.45, 7) is 5.85. The third-order valence-corrected chi connectivity index (χ3v) is 7.66. The van der Waals surface area contributed by atoms with Crippen molar-refractivity contribution in [3.63, 3.8) is 0 Å². The third kappa shape index (κ3) is 3.43. The zero-order valence-corrected chi connectivity index (χ0v) is 17.3. The molecule has 10 heteroatoms. The fraction of sp³-hybridized carbons (Fsp3) is 0.389. The predicted molar refractivity (Wildman–Crippen MR) is 107 cm³/mol. The van der Waals surface area contributed by atoms with Crippen LogP contribution in [0.25, 0.3) is 10.9 Å². The quantitative estimate of drug-likeness (QED) is 0.651. The van der Waals surface area contributed by atoms with Crippen molar-refractivity contribution in [2.75, 3.05) is 0 Å². The lowest BCUT2D eigenvalue weighted by molar-refractivity contribution is 0.558. The summed E-state index contributed by atoms with van der Waals surface area (Å²) in [5.74, 6) is 0. The topological polar surface area (TPSA) is 114 Å². The highest BCUT2D eigenvalue weighted by atomic mass is 32.2. The van der Waals surface area contributed by atoms with E-state index in [1.807, 2.05) is 20.8 Å². The van der Waals surface area contributed by atoms with E-state index < -0.39 is 26.8 Å². The van der Waals surface area contributed by atoms with Gasteiger partial charge in [-0.1, -0.05) is 0 Å². The molecule has 28 heavy (non-hydrogen) atoms. The van der Waals surface area contributed by atoms with Crippen LogP contribution in [0.4, 0.5) is 0 Å². The minimum absolute atomic E-state index is 0.00800. The van der Waals surface area contributed by atoms with Gasteiger partial charge >= 0.3 is 5.69 Å². The van der Waals surface area contributed by atoms with E-state index in [9.17, 15) is 18.0 Å². The summed E-state index contributed by atoms with van der Waals surface area (Å²) in [5, 5.41) is 1.05. The van der Waals surface area contributed by atoms with Crippen molar-refractivity contribution in [2.45, 2.75) is 50.6 Å². The van der Waals surface area contributed by atoms with Crippen molar-refractivity contribution in [2.24, 2.45) is 0 Å². The number of aryl methyl sites for hydroxylation is 2. The molecule has 1 aromatic carbocycles. The van der Waals surface area contributed by atoms with E-state index in [0.717, 1.165) is 28.4 Å². The average Bonchev–Trinajstić information content (AvgIpc) is 3.23. The normalized spacial score (nSPS) is 15.8. The molecule has 2 heterocycles.